The van der Waals surface area contributed by atoms with E-state index in [1.54, 1.807) is 0 Å². The van der Waals surface area contributed by atoms with Crippen molar-refractivity contribution in [2.24, 2.45) is 0 Å². The number of ether oxygens (including phenoxy) is 1. The first kappa shape index (κ1) is 12.7. The van der Waals surface area contributed by atoms with Crippen LogP contribution in [0.5, 0.6) is 5.75 Å². The molecule has 0 saturated carbocycles. The summed E-state index contributed by atoms with van der Waals surface area (Å²) >= 11 is 0. The average molecular weight is 242 g/mol. The minimum atomic E-state index is -0.0285. The van der Waals surface area contributed by atoms with Crippen molar-refractivity contribution < 1.29 is 9.84 Å². The Kier molecular flexibility index (Phi) is 4.00. The van der Waals surface area contributed by atoms with Crippen LogP contribution in [0.4, 0.5) is 0 Å². The molecule has 1 atom stereocenters. The Morgan fingerprint density at radius 2 is 1.83 bits per heavy atom. The number of rotatable bonds is 4. The van der Waals surface area contributed by atoms with E-state index in [1.807, 2.05) is 62.4 Å². The summed E-state index contributed by atoms with van der Waals surface area (Å²) < 4.78 is 5.92. The smallest absolute Gasteiger partial charge is 0.125 e. The van der Waals surface area contributed by atoms with Crippen LogP contribution in [0.3, 0.4) is 0 Å². The van der Waals surface area contributed by atoms with Crippen molar-refractivity contribution >= 4 is 0 Å². The molecule has 0 radical (unpaired) electrons. The van der Waals surface area contributed by atoms with Crippen LogP contribution in [0.1, 0.15) is 29.7 Å². The predicted octanol–water partition coefficient (Wildman–Crippen LogP) is 3.63. The number of aliphatic hydroxyl groups is 1. The van der Waals surface area contributed by atoms with Crippen LogP contribution in [0, 0.1) is 6.92 Å². The summed E-state index contributed by atoms with van der Waals surface area (Å²) in [5.41, 5.74) is 3.08. The number of aliphatic hydroxyl groups excluding tert-OH is 1. The van der Waals surface area contributed by atoms with Crippen LogP contribution < -0.4 is 4.74 Å². The molecule has 1 unspecified atom stereocenters. The van der Waals surface area contributed by atoms with Crippen molar-refractivity contribution in [1.82, 2.24) is 0 Å². The van der Waals surface area contributed by atoms with Gasteiger partial charge in [0.2, 0.25) is 0 Å². The number of aryl methyl sites for hydroxylation is 1. The first-order valence-corrected chi connectivity index (χ1v) is 6.12. The van der Waals surface area contributed by atoms with Gasteiger partial charge in [0.25, 0.3) is 0 Å². The first-order chi connectivity index (χ1) is 8.70. The highest BCUT2D eigenvalue weighted by Crippen LogP contribution is 2.26. The fourth-order valence-electron chi connectivity index (χ4n) is 1.93. The zero-order valence-corrected chi connectivity index (χ0v) is 10.8. The maximum atomic E-state index is 9.35. The molecule has 2 aromatic rings. The van der Waals surface area contributed by atoms with Crippen molar-refractivity contribution in [2.45, 2.75) is 26.6 Å². The van der Waals surface area contributed by atoms with Gasteiger partial charge in [-0.3, -0.25) is 0 Å². The van der Waals surface area contributed by atoms with Crippen molar-refractivity contribution in [3.8, 4) is 5.75 Å². The Morgan fingerprint density at radius 3 is 2.50 bits per heavy atom. The fraction of sp³-hybridized carbons (Fsp3) is 0.250. The molecule has 2 heteroatoms. The molecule has 0 spiro atoms. The summed E-state index contributed by atoms with van der Waals surface area (Å²) in [6.45, 7) is 4.01. The lowest BCUT2D eigenvalue weighted by Gasteiger charge is -2.17. The SMILES string of the molecule is Cc1ccc(OC(C)c2ccccc2)c(CO)c1. The van der Waals surface area contributed by atoms with Crippen LogP contribution in [-0.4, -0.2) is 5.11 Å². The third-order valence-corrected chi connectivity index (χ3v) is 2.96. The minimum Gasteiger partial charge on any atom is -0.486 e. The molecule has 0 aromatic heterocycles. The van der Waals surface area contributed by atoms with E-state index >= 15 is 0 Å². The van der Waals surface area contributed by atoms with Gasteiger partial charge < -0.3 is 9.84 Å². The topological polar surface area (TPSA) is 29.5 Å². The third-order valence-electron chi connectivity index (χ3n) is 2.96. The molecule has 2 aromatic carbocycles. The molecular weight excluding hydrogens is 224 g/mol. The Labute approximate surface area is 108 Å². The van der Waals surface area contributed by atoms with E-state index in [1.165, 1.54) is 0 Å². The Bertz CT molecular complexity index is 506. The predicted molar refractivity (Wildman–Crippen MR) is 72.6 cm³/mol. The van der Waals surface area contributed by atoms with Gasteiger partial charge >= 0.3 is 0 Å². The standard InChI is InChI=1S/C16H18O2/c1-12-8-9-16(15(10-12)11-17)18-13(2)14-6-4-3-5-7-14/h3-10,13,17H,11H2,1-2H3. The van der Waals surface area contributed by atoms with Crippen LogP contribution >= 0.6 is 0 Å². The van der Waals surface area contributed by atoms with E-state index in [-0.39, 0.29) is 12.7 Å². The van der Waals surface area contributed by atoms with Crippen molar-refractivity contribution in [2.75, 3.05) is 0 Å². The maximum absolute atomic E-state index is 9.35. The van der Waals surface area contributed by atoms with Gasteiger partial charge in [0.15, 0.2) is 0 Å². The van der Waals surface area contributed by atoms with E-state index in [2.05, 4.69) is 0 Å². The van der Waals surface area contributed by atoms with Crippen LogP contribution in [-0.2, 0) is 6.61 Å². The van der Waals surface area contributed by atoms with Crippen molar-refractivity contribution in [3.63, 3.8) is 0 Å². The summed E-state index contributed by atoms with van der Waals surface area (Å²) in [4.78, 5) is 0. The molecule has 2 rings (SSSR count). The van der Waals surface area contributed by atoms with Crippen LogP contribution in [0.15, 0.2) is 48.5 Å². The molecule has 0 heterocycles. The van der Waals surface area contributed by atoms with E-state index in [9.17, 15) is 5.11 Å². The van der Waals surface area contributed by atoms with Gasteiger partial charge in [0.05, 0.1) is 6.61 Å². The van der Waals surface area contributed by atoms with Crippen molar-refractivity contribution in [3.05, 3.63) is 65.2 Å². The number of hydrogen-bond acceptors (Lipinski definition) is 2. The Balaban J connectivity index is 2.19. The van der Waals surface area contributed by atoms with Gasteiger partial charge in [0.1, 0.15) is 11.9 Å². The van der Waals surface area contributed by atoms with Crippen LogP contribution in [0.2, 0.25) is 0 Å². The molecule has 0 amide bonds. The van der Waals surface area contributed by atoms with E-state index in [0.29, 0.717) is 0 Å². The molecule has 0 aliphatic heterocycles. The second kappa shape index (κ2) is 5.69. The fourth-order valence-corrected chi connectivity index (χ4v) is 1.93. The lowest BCUT2D eigenvalue weighted by atomic mass is 10.1. The summed E-state index contributed by atoms with van der Waals surface area (Å²) in [7, 11) is 0. The molecular formula is C16H18O2. The largest absolute Gasteiger partial charge is 0.486 e. The molecule has 0 bridgehead atoms. The lowest BCUT2D eigenvalue weighted by Crippen LogP contribution is -2.05. The first-order valence-electron chi connectivity index (χ1n) is 6.12. The Hall–Kier alpha value is -1.80. The van der Waals surface area contributed by atoms with Gasteiger partial charge in [-0.2, -0.15) is 0 Å². The molecule has 0 aliphatic carbocycles. The highest BCUT2D eigenvalue weighted by atomic mass is 16.5. The quantitative estimate of drug-likeness (QED) is 0.887. The molecule has 18 heavy (non-hydrogen) atoms. The van der Waals surface area contributed by atoms with Gasteiger partial charge in [0, 0.05) is 5.56 Å². The zero-order valence-electron chi connectivity index (χ0n) is 10.8. The number of hydrogen-bond donors (Lipinski definition) is 1. The van der Waals surface area contributed by atoms with Gasteiger partial charge in [-0.05, 0) is 25.5 Å². The molecule has 0 saturated heterocycles. The zero-order chi connectivity index (χ0) is 13.0. The maximum Gasteiger partial charge on any atom is 0.125 e. The second-order valence-electron chi connectivity index (χ2n) is 4.44. The van der Waals surface area contributed by atoms with Gasteiger partial charge in [-0.15, -0.1) is 0 Å². The average Bonchev–Trinajstić information content (AvgIpc) is 2.41. The van der Waals surface area contributed by atoms with Gasteiger partial charge in [-0.25, -0.2) is 0 Å². The molecule has 0 fully saturated rings. The van der Waals surface area contributed by atoms with E-state index < -0.39 is 0 Å². The lowest BCUT2D eigenvalue weighted by molar-refractivity contribution is 0.213. The minimum absolute atomic E-state index is 0.00147. The summed E-state index contributed by atoms with van der Waals surface area (Å²) in [5.74, 6) is 0.749. The highest BCUT2D eigenvalue weighted by Gasteiger charge is 2.09. The normalized spacial score (nSPS) is 12.2. The number of benzene rings is 2. The van der Waals surface area contributed by atoms with E-state index in [0.717, 1.165) is 22.4 Å². The molecule has 0 aliphatic rings. The Morgan fingerprint density at radius 1 is 1.11 bits per heavy atom. The summed E-state index contributed by atoms with van der Waals surface area (Å²) in [6, 6.07) is 15.9. The summed E-state index contributed by atoms with van der Waals surface area (Å²) in [5, 5.41) is 9.35. The summed E-state index contributed by atoms with van der Waals surface area (Å²) in [6.07, 6.45) is -0.0285. The molecule has 2 nitrogen and oxygen atoms in total. The third kappa shape index (κ3) is 2.90. The second-order valence-corrected chi connectivity index (χ2v) is 4.44. The monoisotopic (exact) mass is 242 g/mol. The van der Waals surface area contributed by atoms with Crippen LogP contribution in [0.25, 0.3) is 0 Å². The molecule has 94 valence electrons. The van der Waals surface area contributed by atoms with E-state index in [4.69, 9.17) is 4.74 Å². The highest BCUT2D eigenvalue weighted by molar-refractivity contribution is 5.37. The van der Waals surface area contributed by atoms with Crippen molar-refractivity contribution in [1.29, 1.82) is 0 Å². The molecule has 1 N–H and O–H groups in total. The van der Waals surface area contributed by atoms with Gasteiger partial charge in [-0.1, -0.05) is 48.0 Å².